The van der Waals surface area contributed by atoms with Crippen LogP contribution in [0.4, 0.5) is 0 Å². The highest BCUT2D eigenvalue weighted by molar-refractivity contribution is 5.14. The van der Waals surface area contributed by atoms with Crippen molar-refractivity contribution in [2.45, 2.75) is 52.1 Å². The highest BCUT2D eigenvalue weighted by Crippen LogP contribution is 2.03. The monoisotopic (exact) mass is 262 g/mol. The van der Waals surface area contributed by atoms with Gasteiger partial charge < -0.3 is 10.2 Å². The van der Waals surface area contributed by atoms with Crippen molar-refractivity contribution in [3.63, 3.8) is 0 Å². The summed E-state index contributed by atoms with van der Waals surface area (Å²) in [6, 6.07) is 11.4. The van der Waals surface area contributed by atoms with Crippen molar-refractivity contribution in [3.8, 4) is 0 Å². The van der Waals surface area contributed by atoms with E-state index in [1.165, 1.54) is 31.2 Å². The molecule has 1 rings (SSSR count). The topological polar surface area (TPSA) is 15.3 Å². The van der Waals surface area contributed by atoms with Crippen LogP contribution in [0.25, 0.3) is 0 Å². The number of hydrogen-bond donors (Lipinski definition) is 1. The number of rotatable bonds is 10. The van der Waals surface area contributed by atoms with Gasteiger partial charge in [0.1, 0.15) is 0 Å². The fraction of sp³-hybridized carbons (Fsp3) is 0.647. The highest BCUT2D eigenvalue weighted by Gasteiger charge is 2.04. The van der Waals surface area contributed by atoms with Gasteiger partial charge in [0, 0.05) is 12.6 Å². The normalized spacial score (nSPS) is 12.8. The van der Waals surface area contributed by atoms with Gasteiger partial charge in [0.25, 0.3) is 0 Å². The van der Waals surface area contributed by atoms with Crippen LogP contribution in [0.2, 0.25) is 0 Å². The fourth-order valence-corrected chi connectivity index (χ4v) is 2.43. The van der Waals surface area contributed by atoms with Crippen molar-refractivity contribution in [2.75, 3.05) is 20.1 Å². The van der Waals surface area contributed by atoms with E-state index >= 15 is 0 Å². The van der Waals surface area contributed by atoms with E-state index in [-0.39, 0.29) is 0 Å². The maximum Gasteiger partial charge on any atom is 0.0230 e. The molecule has 1 N–H and O–H groups in total. The Morgan fingerprint density at radius 1 is 1.16 bits per heavy atom. The molecule has 19 heavy (non-hydrogen) atoms. The van der Waals surface area contributed by atoms with Crippen LogP contribution in [-0.4, -0.2) is 31.1 Å². The summed E-state index contributed by atoms with van der Waals surface area (Å²) in [5, 5.41) is 3.66. The van der Waals surface area contributed by atoms with Crippen LogP contribution in [0.1, 0.15) is 45.1 Å². The van der Waals surface area contributed by atoms with Crippen LogP contribution >= 0.6 is 0 Å². The zero-order chi connectivity index (χ0) is 13.9. The molecule has 0 aromatic heterocycles. The zero-order valence-corrected chi connectivity index (χ0v) is 12.9. The van der Waals surface area contributed by atoms with E-state index in [0.29, 0.717) is 6.04 Å². The molecule has 0 saturated heterocycles. The molecule has 0 aliphatic rings. The van der Waals surface area contributed by atoms with E-state index in [0.717, 1.165) is 19.6 Å². The summed E-state index contributed by atoms with van der Waals surface area (Å²) in [6.07, 6.45) is 5.05. The Morgan fingerprint density at radius 2 is 1.89 bits per heavy atom. The van der Waals surface area contributed by atoms with Gasteiger partial charge in [0.15, 0.2) is 0 Å². The lowest BCUT2D eigenvalue weighted by molar-refractivity contribution is 0.314. The molecule has 0 fully saturated rings. The van der Waals surface area contributed by atoms with E-state index < -0.39 is 0 Å². The molecule has 1 aromatic rings. The Bertz CT molecular complexity index is 310. The van der Waals surface area contributed by atoms with Gasteiger partial charge in [0.2, 0.25) is 0 Å². The Balaban J connectivity index is 2.12. The second-order valence-corrected chi connectivity index (χ2v) is 5.42. The van der Waals surface area contributed by atoms with Crippen LogP contribution in [0.3, 0.4) is 0 Å². The maximum atomic E-state index is 3.66. The van der Waals surface area contributed by atoms with Crippen LogP contribution in [0.15, 0.2) is 30.3 Å². The van der Waals surface area contributed by atoms with Gasteiger partial charge in [-0.25, -0.2) is 0 Å². The number of benzene rings is 1. The molecule has 1 atom stereocenters. The second kappa shape index (κ2) is 9.99. The number of nitrogens with one attached hydrogen (secondary N) is 1. The third-order valence-corrected chi connectivity index (χ3v) is 3.57. The average Bonchev–Trinajstić information content (AvgIpc) is 2.43. The third-order valence-electron chi connectivity index (χ3n) is 3.57. The maximum absolute atomic E-state index is 3.66. The summed E-state index contributed by atoms with van der Waals surface area (Å²) in [6.45, 7) is 7.88. The van der Waals surface area contributed by atoms with E-state index in [9.17, 15) is 0 Å². The summed E-state index contributed by atoms with van der Waals surface area (Å²) in [4.78, 5) is 2.40. The van der Waals surface area contributed by atoms with Crippen LogP contribution in [0.5, 0.6) is 0 Å². The van der Waals surface area contributed by atoms with E-state index in [2.05, 4.69) is 61.4 Å². The second-order valence-electron chi connectivity index (χ2n) is 5.42. The van der Waals surface area contributed by atoms with Crippen molar-refractivity contribution in [2.24, 2.45) is 0 Å². The summed E-state index contributed by atoms with van der Waals surface area (Å²) >= 11 is 0. The Labute approximate surface area is 119 Å². The first-order valence-electron chi connectivity index (χ1n) is 7.72. The first-order chi connectivity index (χ1) is 9.26. The minimum Gasteiger partial charge on any atom is -0.314 e. The third kappa shape index (κ3) is 7.34. The lowest BCUT2D eigenvalue weighted by Crippen LogP contribution is -2.31. The molecule has 0 spiro atoms. The molecule has 0 aliphatic heterocycles. The van der Waals surface area contributed by atoms with E-state index in [1.54, 1.807) is 0 Å². The molecular formula is C17H30N2. The lowest BCUT2D eigenvalue weighted by atomic mass is 10.1. The smallest absolute Gasteiger partial charge is 0.0230 e. The fourth-order valence-electron chi connectivity index (χ4n) is 2.43. The van der Waals surface area contributed by atoms with Gasteiger partial charge in [-0.2, -0.15) is 0 Å². The van der Waals surface area contributed by atoms with E-state index in [1.807, 2.05) is 0 Å². The largest absolute Gasteiger partial charge is 0.314 e. The summed E-state index contributed by atoms with van der Waals surface area (Å²) in [5.74, 6) is 0. The number of nitrogens with zero attached hydrogens (tertiary/aromatic N) is 1. The van der Waals surface area contributed by atoms with Crippen molar-refractivity contribution in [3.05, 3.63) is 35.9 Å². The highest BCUT2D eigenvalue weighted by atomic mass is 15.1. The molecule has 1 aromatic carbocycles. The molecule has 2 heteroatoms. The molecule has 108 valence electrons. The van der Waals surface area contributed by atoms with Gasteiger partial charge in [-0.3, -0.25) is 0 Å². The molecule has 0 saturated carbocycles. The molecule has 0 bridgehead atoms. The van der Waals surface area contributed by atoms with Crippen molar-refractivity contribution in [1.29, 1.82) is 0 Å². The summed E-state index contributed by atoms with van der Waals surface area (Å²) in [5.41, 5.74) is 1.40. The van der Waals surface area contributed by atoms with Crippen molar-refractivity contribution >= 4 is 0 Å². The van der Waals surface area contributed by atoms with Crippen LogP contribution in [0, 0.1) is 0 Å². The van der Waals surface area contributed by atoms with Gasteiger partial charge in [0.05, 0.1) is 0 Å². The molecule has 2 nitrogen and oxygen atoms in total. The van der Waals surface area contributed by atoms with Crippen LogP contribution in [-0.2, 0) is 6.54 Å². The average molecular weight is 262 g/mol. The first-order valence-corrected chi connectivity index (χ1v) is 7.72. The minimum absolute atomic E-state index is 0.712. The molecule has 0 heterocycles. The summed E-state index contributed by atoms with van der Waals surface area (Å²) in [7, 11) is 2.20. The predicted octanol–water partition coefficient (Wildman–Crippen LogP) is 3.68. The molecule has 0 amide bonds. The molecule has 1 unspecified atom stereocenters. The molecule has 0 aliphatic carbocycles. The first kappa shape index (κ1) is 16.2. The zero-order valence-electron chi connectivity index (χ0n) is 12.9. The molecular weight excluding hydrogens is 232 g/mol. The van der Waals surface area contributed by atoms with Crippen molar-refractivity contribution in [1.82, 2.24) is 10.2 Å². The standard InChI is InChI=1S/C17H30N2/c1-4-10-17(5-2)18-13-9-14-19(3)15-16-11-7-6-8-12-16/h6-8,11-12,17-18H,4-5,9-10,13-15H2,1-3H3. The Morgan fingerprint density at radius 3 is 2.53 bits per heavy atom. The predicted molar refractivity (Wildman–Crippen MR) is 84.4 cm³/mol. The Hall–Kier alpha value is -0.860. The SMILES string of the molecule is CCCC(CC)NCCCN(C)Cc1ccccc1. The molecule has 0 radical (unpaired) electrons. The summed E-state index contributed by atoms with van der Waals surface area (Å²) < 4.78 is 0. The van der Waals surface area contributed by atoms with E-state index in [4.69, 9.17) is 0 Å². The van der Waals surface area contributed by atoms with Gasteiger partial charge in [-0.05, 0) is 45.0 Å². The van der Waals surface area contributed by atoms with Gasteiger partial charge in [-0.15, -0.1) is 0 Å². The quantitative estimate of drug-likeness (QED) is 0.647. The van der Waals surface area contributed by atoms with Crippen LogP contribution < -0.4 is 5.32 Å². The van der Waals surface area contributed by atoms with Crippen molar-refractivity contribution < 1.29 is 0 Å². The minimum atomic E-state index is 0.712. The Kier molecular flexibility index (Phi) is 8.52. The lowest BCUT2D eigenvalue weighted by Gasteiger charge is -2.19. The van der Waals surface area contributed by atoms with Gasteiger partial charge in [-0.1, -0.05) is 50.6 Å². The van der Waals surface area contributed by atoms with Gasteiger partial charge >= 0.3 is 0 Å². The number of hydrogen-bond acceptors (Lipinski definition) is 2.